The summed E-state index contributed by atoms with van der Waals surface area (Å²) >= 11 is 0. The van der Waals surface area contributed by atoms with Crippen LogP contribution in [0.1, 0.15) is 66.9 Å². The minimum Gasteiger partial charge on any atom is -0.481 e. The summed E-state index contributed by atoms with van der Waals surface area (Å²) in [5.74, 6) is -1.68. The molecule has 0 radical (unpaired) electrons. The smallest absolute Gasteiger partial charge is 0.306 e. The molecule has 0 aliphatic heterocycles. The third kappa shape index (κ3) is 7.84. The molecule has 0 aliphatic carbocycles. The summed E-state index contributed by atoms with van der Waals surface area (Å²) in [7, 11) is 0. The molecule has 3 rings (SSSR count). The van der Waals surface area contributed by atoms with Gasteiger partial charge in [0.05, 0.1) is 5.92 Å². The van der Waals surface area contributed by atoms with Crippen LogP contribution in [0.4, 0.5) is 0 Å². The van der Waals surface area contributed by atoms with Crippen molar-refractivity contribution in [3.05, 3.63) is 102 Å². The molecular formula is C31H34O3. The molecule has 0 heterocycles. The van der Waals surface area contributed by atoms with Crippen molar-refractivity contribution in [2.45, 2.75) is 51.9 Å². The number of aryl methyl sites for hydroxylation is 1. The summed E-state index contributed by atoms with van der Waals surface area (Å²) in [6.45, 7) is 2.19. The number of aliphatic carboxylic acids is 1. The first-order chi connectivity index (χ1) is 16.6. The van der Waals surface area contributed by atoms with Crippen LogP contribution in [0, 0.1) is 5.92 Å². The number of carboxylic acids is 1. The number of rotatable bonds is 13. The van der Waals surface area contributed by atoms with Crippen molar-refractivity contribution in [3.8, 4) is 11.1 Å². The van der Waals surface area contributed by atoms with E-state index in [1.54, 1.807) is 12.1 Å². The van der Waals surface area contributed by atoms with Gasteiger partial charge in [-0.15, -0.1) is 0 Å². The average Bonchev–Trinajstić information content (AvgIpc) is 2.87. The van der Waals surface area contributed by atoms with Gasteiger partial charge in [0.2, 0.25) is 0 Å². The number of carbonyl (C=O) groups excluding carboxylic acids is 1. The zero-order chi connectivity index (χ0) is 24.2. The van der Waals surface area contributed by atoms with Gasteiger partial charge < -0.3 is 5.11 Å². The van der Waals surface area contributed by atoms with Crippen molar-refractivity contribution in [1.82, 2.24) is 0 Å². The van der Waals surface area contributed by atoms with E-state index >= 15 is 0 Å². The maximum atomic E-state index is 12.8. The Hall–Kier alpha value is -3.46. The lowest BCUT2D eigenvalue weighted by molar-refractivity contribution is -0.141. The number of benzene rings is 3. The van der Waals surface area contributed by atoms with Gasteiger partial charge in [0.25, 0.3) is 0 Å². The van der Waals surface area contributed by atoms with Crippen molar-refractivity contribution in [3.63, 3.8) is 0 Å². The highest BCUT2D eigenvalue weighted by Gasteiger charge is 2.21. The highest BCUT2D eigenvalue weighted by atomic mass is 16.4. The number of Topliss-reactive ketones (excluding diaryl/α,β-unsaturated/α-hetero) is 1. The third-order valence-corrected chi connectivity index (χ3v) is 6.13. The fourth-order valence-corrected chi connectivity index (χ4v) is 4.03. The number of unbranched alkanes of at least 4 members (excludes halogenated alkanes) is 2. The zero-order valence-electron chi connectivity index (χ0n) is 20.0. The summed E-state index contributed by atoms with van der Waals surface area (Å²) in [5.41, 5.74) is 5.06. The highest BCUT2D eigenvalue weighted by Crippen LogP contribution is 2.23. The van der Waals surface area contributed by atoms with Crippen LogP contribution in [0.5, 0.6) is 0 Å². The summed E-state index contributed by atoms with van der Waals surface area (Å²) < 4.78 is 0. The molecule has 0 amide bonds. The van der Waals surface area contributed by atoms with Crippen LogP contribution >= 0.6 is 0 Å². The number of carbonyl (C=O) groups is 2. The van der Waals surface area contributed by atoms with Crippen molar-refractivity contribution in [1.29, 1.82) is 0 Å². The standard InChI is InChI=1S/C31H34O3/c1-2-3-4-6-12-25-15-17-26(18-16-25)27-19-21-28(22-20-27)30(32)23-29(31(33)34)14-9-13-24-10-7-5-8-11-24/h5-8,10-12,15-22,29H,2-4,9,13-14,23H2,1H3,(H,33,34). The minimum atomic E-state index is -0.901. The molecule has 0 saturated heterocycles. The minimum absolute atomic E-state index is 0.0303. The second-order valence-electron chi connectivity index (χ2n) is 8.78. The van der Waals surface area contributed by atoms with E-state index in [1.807, 2.05) is 42.5 Å². The number of carboxylic acid groups (broad SMARTS) is 1. The van der Waals surface area contributed by atoms with E-state index in [1.165, 1.54) is 24.0 Å². The normalized spacial score (nSPS) is 12.0. The van der Waals surface area contributed by atoms with Crippen LogP contribution in [-0.2, 0) is 11.2 Å². The zero-order valence-corrected chi connectivity index (χ0v) is 20.0. The summed E-state index contributed by atoms with van der Waals surface area (Å²) in [6, 6.07) is 25.9. The molecule has 0 bridgehead atoms. The quantitative estimate of drug-likeness (QED) is 0.211. The molecule has 34 heavy (non-hydrogen) atoms. The lowest BCUT2D eigenvalue weighted by atomic mass is 9.92. The van der Waals surface area contributed by atoms with Crippen molar-refractivity contribution >= 4 is 17.8 Å². The molecule has 0 saturated carbocycles. The lowest BCUT2D eigenvalue weighted by Gasteiger charge is -2.12. The summed E-state index contributed by atoms with van der Waals surface area (Å²) in [5, 5.41) is 9.61. The first-order valence-corrected chi connectivity index (χ1v) is 12.2. The van der Waals surface area contributed by atoms with Gasteiger partial charge in [0, 0.05) is 12.0 Å². The highest BCUT2D eigenvalue weighted by molar-refractivity contribution is 5.98. The van der Waals surface area contributed by atoms with E-state index in [-0.39, 0.29) is 12.2 Å². The van der Waals surface area contributed by atoms with Gasteiger partial charge in [-0.3, -0.25) is 9.59 Å². The van der Waals surface area contributed by atoms with Crippen LogP contribution in [0.25, 0.3) is 17.2 Å². The number of allylic oxidation sites excluding steroid dienone is 1. The fourth-order valence-electron chi connectivity index (χ4n) is 4.03. The van der Waals surface area contributed by atoms with Crippen molar-refractivity contribution < 1.29 is 14.7 Å². The van der Waals surface area contributed by atoms with Gasteiger partial charge >= 0.3 is 5.97 Å². The second-order valence-corrected chi connectivity index (χ2v) is 8.78. The summed E-state index contributed by atoms with van der Waals surface area (Å²) in [6.07, 6.45) is 9.97. The topological polar surface area (TPSA) is 54.4 Å². The predicted octanol–water partition coefficient (Wildman–Crippen LogP) is 7.85. The van der Waals surface area contributed by atoms with Crippen molar-refractivity contribution in [2.75, 3.05) is 0 Å². The molecule has 3 heteroatoms. The average molecular weight is 455 g/mol. The molecule has 176 valence electrons. The molecule has 1 unspecified atom stereocenters. The van der Waals surface area contributed by atoms with E-state index in [0.717, 1.165) is 30.4 Å². The van der Waals surface area contributed by atoms with Crippen LogP contribution in [0.15, 0.2) is 84.9 Å². The van der Waals surface area contributed by atoms with Gasteiger partial charge in [-0.2, -0.15) is 0 Å². The Morgan fingerprint density at radius 3 is 2.12 bits per heavy atom. The van der Waals surface area contributed by atoms with Gasteiger partial charge in [-0.05, 0) is 47.9 Å². The van der Waals surface area contributed by atoms with E-state index in [0.29, 0.717) is 12.0 Å². The van der Waals surface area contributed by atoms with Gasteiger partial charge in [0.1, 0.15) is 0 Å². The monoisotopic (exact) mass is 454 g/mol. The molecular weight excluding hydrogens is 420 g/mol. The molecule has 3 nitrogen and oxygen atoms in total. The molecule has 3 aromatic carbocycles. The fraction of sp³-hybridized carbons (Fsp3) is 0.290. The Morgan fingerprint density at radius 2 is 1.50 bits per heavy atom. The second kappa shape index (κ2) is 13.3. The number of hydrogen-bond donors (Lipinski definition) is 1. The molecule has 0 spiro atoms. The van der Waals surface area contributed by atoms with Gasteiger partial charge in [-0.1, -0.05) is 111 Å². The lowest BCUT2D eigenvalue weighted by Crippen LogP contribution is -2.18. The van der Waals surface area contributed by atoms with Crippen LogP contribution in [0.2, 0.25) is 0 Å². The summed E-state index contributed by atoms with van der Waals surface area (Å²) in [4.78, 5) is 24.5. The van der Waals surface area contributed by atoms with Crippen LogP contribution in [0.3, 0.4) is 0 Å². The Kier molecular flexibility index (Phi) is 9.84. The molecule has 0 fully saturated rings. The Balaban J connectivity index is 1.55. The maximum absolute atomic E-state index is 12.8. The first kappa shape index (κ1) is 25.2. The number of hydrogen-bond acceptors (Lipinski definition) is 2. The largest absolute Gasteiger partial charge is 0.481 e. The van der Waals surface area contributed by atoms with E-state index in [9.17, 15) is 14.7 Å². The Bertz CT molecular complexity index is 1060. The first-order valence-electron chi connectivity index (χ1n) is 12.2. The van der Waals surface area contributed by atoms with Crippen LogP contribution in [-0.4, -0.2) is 16.9 Å². The molecule has 1 N–H and O–H groups in total. The van der Waals surface area contributed by atoms with E-state index in [4.69, 9.17) is 0 Å². The molecule has 1 atom stereocenters. The van der Waals surface area contributed by atoms with E-state index < -0.39 is 11.9 Å². The molecule has 3 aromatic rings. The Labute approximate surface area is 203 Å². The van der Waals surface area contributed by atoms with Crippen molar-refractivity contribution in [2.24, 2.45) is 5.92 Å². The predicted molar refractivity (Wildman–Crippen MR) is 140 cm³/mol. The number of ketones is 1. The van der Waals surface area contributed by atoms with E-state index in [2.05, 4.69) is 43.3 Å². The molecule has 0 aromatic heterocycles. The maximum Gasteiger partial charge on any atom is 0.306 e. The third-order valence-electron chi connectivity index (χ3n) is 6.13. The van der Waals surface area contributed by atoms with Crippen LogP contribution < -0.4 is 0 Å². The Morgan fingerprint density at radius 1 is 0.853 bits per heavy atom. The van der Waals surface area contributed by atoms with Gasteiger partial charge in [0.15, 0.2) is 5.78 Å². The SMILES string of the molecule is CCCCC=Cc1ccc(-c2ccc(C(=O)CC(CCCc3ccccc3)C(=O)O)cc2)cc1. The molecule has 0 aliphatic rings. The van der Waals surface area contributed by atoms with Gasteiger partial charge in [-0.25, -0.2) is 0 Å².